The van der Waals surface area contributed by atoms with Gasteiger partial charge in [0.2, 0.25) is 5.91 Å². The summed E-state index contributed by atoms with van der Waals surface area (Å²) in [6.07, 6.45) is 5.50. The van der Waals surface area contributed by atoms with E-state index >= 15 is 0 Å². The second-order valence-corrected chi connectivity index (χ2v) is 2.14. The zero-order valence-corrected chi connectivity index (χ0v) is 6.21. The first-order valence-corrected chi connectivity index (χ1v) is 3.40. The van der Waals surface area contributed by atoms with Gasteiger partial charge in [-0.3, -0.25) is 4.79 Å². The number of primary amides is 1. The van der Waals surface area contributed by atoms with Gasteiger partial charge in [0.05, 0.1) is 0 Å². The summed E-state index contributed by atoms with van der Waals surface area (Å²) < 4.78 is 0. The standard InChI is InChI=1S/C7H14N2O/c1-2-3-4-5-6(8)7(9)10/h4-6H,2-3,8H2,1H3,(H2,9,10). The molecule has 0 aromatic heterocycles. The van der Waals surface area contributed by atoms with Gasteiger partial charge in [0, 0.05) is 0 Å². The molecular formula is C7H14N2O. The van der Waals surface area contributed by atoms with Crippen molar-refractivity contribution in [1.29, 1.82) is 0 Å². The van der Waals surface area contributed by atoms with E-state index < -0.39 is 11.9 Å². The van der Waals surface area contributed by atoms with Gasteiger partial charge in [-0.1, -0.05) is 25.5 Å². The third kappa shape index (κ3) is 4.09. The summed E-state index contributed by atoms with van der Waals surface area (Å²) in [4.78, 5) is 10.3. The molecule has 10 heavy (non-hydrogen) atoms. The second-order valence-electron chi connectivity index (χ2n) is 2.14. The molecule has 0 saturated heterocycles. The van der Waals surface area contributed by atoms with E-state index in [4.69, 9.17) is 11.5 Å². The van der Waals surface area contributed by atoms with Crippen LogP contribution >= 0.6 is 0 Å². The summed E-state index contributed by atoms with van der Waals surface area (Å²) in [5, 5.41) is 0. The maximum Gasteiger partial charge on any atom is 0.238 e. The van der Waals surface area contributed by atoms with Crippen LogP contribution in [-0.4, -0.2) is 11.9 Å². The Kier molecular flexibility index (Phi) is 4.58. The van der Waals surface area contributed by atoms with Crippen molar-refractivity contribution in [3.05, 3.63) is 12.2 Å². The molecule has 0 aliphatic carbocycles. The van der Waals surface area contributed by atoms with Gasteiger partial charge in [0.1, 0.15) is 6.04 Å². The van der Waals surface area contributed by atoms with Crippen LogP contribution in [0.4, 0.5) is 0 Å². The van der Waals surface area contributed by atoms with Gasteiger partial charge in [0.15, 0.2) is 0 Å². The van der Waals surface area contributed by atoms with Gasteiger partial charge in [-0.25, -0.2) is 0 Å². The predicted molar refractivity (Wildman–Crippen MR) is 41.2 cm³/mol. The zero-order chi connectivity index (χ0) is 7.98. The van der Waals surface area contributed by atoms with Crippen molar-refractivity contribution < 1.29 is 4.79 Å². The van der Waals surface area contributed by atoms with Crippen LogP contribution in [0.5, 0.6) is 0 Å². The molecule has 1 unspecified atom stereocenters. The normalized spacial score (nSPS) is 13.8. The Morgan fingerprint density at radius 2 is 2.30 bits per heavy atom. The van der Waals surface area contributed by atoms with Crippen LogP contribution in [-0.2, 0) is 4.79 Å². The average molecular weight is 142 g/mol. The number of amides is 1. The molecular weight excluding hydrogens is 128 g/mol. The molecule has 0 aromatic carbocycles. The van der Waals surface area contributed by atoms with E-state index in [-0.39, 0.29) is 0 Å². The Morgan fingerprint density at radius 3 is 2.70 bits per heavy atom. The van der Waals surface area contributed by atoms with Crippen molar-refractivity contribution in [2.75, 3.05) is 0 Å². The Morgan fingerprint density at radius 1 is 1.70 bits per heavy atom. The number of nitrogens with two attached hydrogens (primary N) is 2. The third-order valence-electron chi connectivity index (χ3n) is 1.13. The highest BCUT2D eigenvalue weighted by Crippen LogP contribution is 1.89. The predicted octanol–water partition coefficient (Wildman–Crippen LogP) is 0.155. The van der Waals surface area contributed by atoms with E-state index in [1.807, 2.05) is 6.08 Å². The van der Waals surface area contributed by atoms with Crippen LogP contribution in [0.1, 0.15) is 19.8 Å². The summed E-state index contributed by atoms with van der Waals surface area (Å²) >= 11 is 0. The summed E-state index contributed by atoms with van der Waals surface area (Å²) in [6, 6.07) is -0.619. The van der Waals surface area contributed by atoms with Crippen LogP contribution in [0.25, 0.3) is 0 Å². The first-order valence-electron chi connectivity index (χ1n) is 3.40. The molecule has 1 amide bonds. The van der Waals surface area contributed by atoms with Crippen molar-refractivity contribution in [2.24, 2.45) is 11.5 Å². The number of unbranched alkanes of at least 4 members (excludes halogenated alkanes) is 1. The first-order chi connectivity index (χ1) is 4.68. The summed E-state index contributed by atoms with van der Waals surface area (Å²) in [5.41, 5.74) is 10.2. The summed E-state index contributed by atoms with van der Waals surface area (Å²) in [5.74, 6) is -0.479. The molecule has 0 aliphatic heterocycles. The number of allylic oxidation sites excluding steroid dienone is 1. The molecule has 0 saturated carbocycles. The fourth-order valence-electron chi connectivity index (χ4n) is 0.504. The van der Waals surface area contributed by atoms with E-state index in [9.17, 15) is 4.79 Å². The molecule has 0 rings (SSSR count). The van der Waals surface area contributed by atoms with Crippen molar-refractivity contribution in [3.63, 3.8) is 0 Å². The fourth-order valence-corrected chi connectivity index (χ4v) is 0.504. The molecule has 0 aromatic rings. The summed E-state index contributed by atoms with van der Waals surface area (Å²) in [6.45, 7) is 2.06. The molecule has 0 heterocycles. The molecule has 58 valence electrons. The van der Waals surface area contributed by atoms with Crippen molar-refractivity contribution in [2.45, 2.75) is 25.8 Å². The number of carbonyl (C=O) groups is 1. The third-order valence-corrected chi connectivity index (χ3v) is 1.13. The minimum Gasteiger partial charge on any atom is -0.368 e. The van der Waals surface area contributed by atoms with E-state index in [1.54, 1.807) is 6.08 Å². The molecule has 0 fully saturated rings. The van der Waals surface area contributed by atoms with Gasteiger partial charge >= 0.3 is 0 Å². The van der Waals surface area contributed by atoms with Crippen LogP contribution in [0.3, 0.4) is 0 Å². The highest BCUT2D eigenvalue weighted by molar-refractivity contribution is 5.81. The lowest BCUT2D eigenvalue weighted by Gasteiger charge is -1.97. The SMILES string of the molecule is CCCC=CC(N)C(N)=O. The van der Waals surface area contributed by atoms with Crippen molar-refractivity contribution in [1.82, 2.24) is 0 Å². The fraction of sp³-hybridized carbons (Fsp3) is 0.571. The van der Waals surface area contributed by atoms with Gasteiger partial charge in [-0.2, -0.15) is 0 Å². The molecule has 3 nitrogen and oxygen atoms in total. The minimum atomic E-state index is -0.619. The molecule has 0 radical (unpaired) electrons. The Bertz CT molecular complexity index is 132. The lowest BCUT2D eigenvalue weighted by Crippen LogP contribution is -2.34. The Labute approximate surface area is 61.1 Å². The molecule has 4 N–H and O–H groups in total. The largest absolute Gasteiger partial charge is 0.368 e. The second kappa shape index (κ2) is 4.99. The minimum absolute atomic E-state index is 0.479. The van der Waals surface area contributed by atoms with Crippen molar-refractivity contribution >= 4 is 5.91 Å². The van der Waals surface area contributed by atoms with Crippen LogP contribution in [0, 0.1) is 0 Å². The zero-order valence-electron chi connectivity index (χ0n) is 6.21. The Hall–Kier alpha value is -0.830. The number of hydrogen-bond acceptors (Lipinski definition) is 2. The van der Waals surface area contributed by atoms with Gasteiger partial charge in [0.25, 0.3) is 0 Å². The lowest BCUT2D eigenvalue weighted by molar-refractivity contribution is -0.118. The molecule has 0 aliphatic rings. The quantitative estimate of drug-likeness (QED) is 0.549. The van der Waals surface area contributed by atoms with Crippen LogP contribution in [0.2, 0.25) is 0 Å². The molecule has 0 bridgehead atoms. The van der Waals surface area contributed by atoms with Gasteiger partial charge < -0.3 is 11.5 Å². The maximum absolute atomic E-state index is 10.3. The monoisotopic (exact) mass is 142 g/mol. The lowest BCUT2D eigenvalue weighted by atomic mass is 10.2. The highest BCUT2D eigenvalue weighted by atomic mass is 16.1. The van der Waals surface area contributed by atoms with Crippen LogP contribution < -0.4 is 11.5 Å². The first kappa shape index (κ1) is 9.17. The molecule has 0 spiro atoms. The van der Waals surface area contributed by atoms with Gasteiger partial charge in [-0.15, -0.1) is 0 Å². The molecule has 1 atom stereocenters. The highest BCUT2D eigenvalue weighted by Gasteiger charge is 2.01. The van der Waals surface area contributed by atoms with Gasteiger partial charge in [-0.05, 0) is 6.42 Å². The number of carbonyl (C=O) groups excluding carboxylic acids is 1. The molecule has 3 heteroatoms. The smallest absolute Gasteiger partial charge is 0.238 e. The van der Waals surface area contributed by atoms with Crippen molar-refractivity contribution in [3.8, 4) is 0 Å². The van der Waals surface area contributed by atoms with E-state index in [1.165, 1.54) is 0 Å². The maximum atomic E-state index is 10.3. The van der Waals surface area contributed by atoms with E-state index in [0.717, 1.165) is 12.8 Å². The topological polar surface area (TPSA) is 69.1 Å². The van der Waals surface area contributed by atoms with E-state index in [2.05, 4.69) is 6.92 Å². The Balaban J connectivity index is 3.55. The number of hydrogen-bond donors (Lipinski definition) is 2. The van der Waals surface area contributed by atoms with E-state index in [0.29, 0.717) is 0 Å². The summed E-state index contributed by atoms with van der Waals surface area (Å²) in [7, 11) is 0. The van der Waals surface area contributed by atoms with Crippen LogP contribution in [0.15, 0.2) is 12.2 Å². The average Bonchev–Trinajstić information content (AvgIpc) is 1.88. The number of rotatable bonds is 4.